The summed E-state index contributed by atoms with van der Waals surface area (Å²) in [4.78, 5) is 15.9. The average Bonchev–Trinajstić information content (AvgIpc) is 2.74. The summed E-state index contributed by atoms with van der Waals surface area (Å²) in [5.41, 5.74) is 2.15. The van der Waals surface area contributed by atoms with Crippen LogP contribution in [-0.4, -0.2) is 38.8 Å². The first-order valence-electron chi connectivity index (χ1n) is 10.0. The number of halogens is 3. The van der Waals surface area contributed by atoms with Crippen LogP contribution >= 0.6 is 24.0 Å². The van der Waals surface area contributed by atoms with Crippen LogP contribution in [0, 0.1) is 0 Å². The van der Waals surface area contributed by atoms with Gasteiger partial charge >= 0.3 is 12.6 Å². The molecule has 0 aliphatic carbocycles. The van der Waals surface area contributed by atoms with Crippen molar-refractivity contribution >= 4 is 41.7 Å². The Kier molecular flexibility index (Phi) is 12.3. The van der Waals surface area contributed by atoms with Crippen molar-refractivity contribution in [3.05, 3.63) is 53.6 Å². The fraction of sp³-hybridized carbons (Fsp3) is 0.364. The molecule has 0 bridgehead atoms. The van der Waals surface area contributed by atoms with Gasteiger partial charge in [0.25, 0.3) is 0 Å². The zero-order valence-electron chi connectivity index (χ0n) is 18.9. The number of hydrogen-bond donors (Lipinski definition) is 4. The molecule has 2 aromatic rings. The minimum Gasteiger partial charge on any atom is -0.497 e. The van der Waals surface area contributed by atoms with Crippen LogP contribution in [0.3, 0.4) is 0 Å². The van der Waals surface area contributed by atoms with Gasteiger partial charge in [-0.3, -0.25) is 4.99 Å². The third kappa shape index (κ3) is 10.1. The first-order chi connectivity index (χ1) is 15.3. The highest BCUT2D eigenvalue weighted by atomic mass is 127. The quantitative estimate of drug-likeness (QED) is 0.203. The molecule has 0 saturated carbocycles. The number of amides is 2. The third-order valence-electron chi connectivity index (χ3n) is 4.25. The topological polar surface area (TPSA) is 96.0 Å². The summed E-state index contributed by atoms with van der Waals surface area (Å²) in [7, 11) is 3.11. The molecule has 0 aromatic heterocycles. The van der Waals surface area contributed by atoms with Crippen LogP contribution in [0.25, 0.3) is 0 Å². The zero-order valence-corrected chi connectivity index (χ0v) is 21.3. The molecule has 2 aromatic carbocycles. The SMILES string of the molecule is CN=C(NCc1ccc(NC(=O)NC(C)C)cc1)NCc1cc(OC)ccc1OC(F)F.I. The molecule has 0 spiro atoms. The molecule has 0 aliphatic heterocycles. The predicted molar refractivity (Wildman–Crippen MR) is 136 cm³/mol. The minimum atomic E-state index is -2.92. The van der Waals surface area contributed by atoms with Gasteiger partial charge in [-0.1, -0.05) is 12.1 Å². The number of rotatable bonds is 9. The Morgan fingerprint density at radius 2 is 1.73 bits per heavy atom. The third-order valence-corrected chi connectivity index (χ3v) is 4.25. The van der Waals surface area contributed by atoms with Crippen molar-refractivity contribution in [1.82, 2.24) is 16.0 Å². The van der Waals surface area contributed by atoms with E-state index in [-0.39, 0.29) is 48.3 Å². The van der Waals surface area contributed by atoms with E-state index in [1.54, 1.807) is 31.3 Å². The van der Waals surface area contributed by atoms with Crippen LogP contribution in [0.15, 0.2) is 47.5 Å². The Morgan fingerprint density at radius 1 is 1.06 bits per heavy atom. The van der Waals surface area contributed by atoms with Gasteiger partial charge in [0.15, 0.2) is 5.96 Å². The van der Waals surface area contributed by atoms with Gasteiger partial charge in [0.2, 0.25) is 0 Å². The summed E-state index contributed by atoms with van der Waals surface area (Å²) in [6.45, 7) is 1.52. The van der Waals surface area contributed by atoms with E-state index in [0.29, 0.717) is 29.5 Å². The fourth-order valence-electron chi connectivity index (χ4n) is 2.75. The van der Waals surface area contributed by atoms with E-state index in [1.165, 1.54) is 13.2 Å². The molecule has 0 heterocycles. The van der Waals surface area contributed by atoms with Crippen LogP contribution in [0.1, 0.15) is 25.0 Å². The lowest BCUT2D eigenvalue weighted by atomic mass is 10.2. The summed E-state index contributed by atoms with van der Waals surface area (Å²) < 4.78 is 35.1. The van der Waals surface area contributed by atoms with Crippen LogP contribution in [0.5, 0.6) is 11.5 Å². The molecule has 182 valence electrons. The number of anilines is 1. The van der Waals surface area contributed by atoms with Gasteiger partial charge in [-0.25, -0.2) is 4.79 Å². The zero-order chi connectivity index (χ0) is 23.5. The van der Waals surface area contributed by atoms with E-state index in [4.69, 9.17) is 4.74 Å². The lowest BCUT2D eigenvalue weighted by molar-refractivity contribution is -0.0505. The Morgan fingerprint density at radius 3 is 2.30 bits per heavy atom. The number of benzene rings is 2. The highest BCUT2D eigenvalue weighted by Crippen LogP contribution is 2.25. The number of methoxy groups -OCH3 is 1. The molecule has 0 radical (unpaired) electrons. The van der Waals surface area contributed by atoms with Crippen LogP contribution in [0.4, 0.5) is 19.3 Å². The maximum Gasteiger partial charge on any atom is 0.387 e. The van der Waals surface area contributed by atoms with Gasteiger partial charge in [-0.15, -0.1) is 24.0 Å². The smallest absolute Gasteiger partial charge is 0.387 e. The first kappa shape index (κ1) is 28.2. The average molecular weight is 577 g/mol. The predicted octanol–water partition coefficient (Wildman–Crippen LogP) is 4.31. The van der Waals surface area contributed by atoms with Crippen molar-refractivity contribution < 1.29 is 23.0 Å². The second-order valence-electron chi connectivity index (χ2n) is 7.08. The highest BCUT2D eigenvalue weighted by molar-refractivity contribution is 14.0. The number of nitrogens with one attached hydrogen (secondary N) is 4. The van der Waals surface area contributed by atoms with Gasteiger partial charge in [-0.2, -0.15) is 8.78 Å². The number of ether oxygens (including phenoxy) is 2. The molecule has 4 N–H and O–H groups in total. The Balaban J connectivity index is 0.00000544. The van der Waals surface area contributed by atoms with Crippen molar-refractivity contribution in [3.63, 3.8) is 0 Å². The number of hydrogen-bond acceptors (Lipinski definition) is 4. The van der Waals surface area contributed by atoms with Crippen LogP contribution in [0.2, 0.25) is 0 Å². The second kappa shape index (κ2) is 14.3. The Hall–Kier alpha value is -2.83. The molecular formula is C22H30F2IN5O3. The van der Waals surface area contributed by atoms with Gasteiger partial charge < -0.3 is 30.7 Å². The molecule has 2 amide bonds. The lowest BCUT2D eigenvalue weighted by Crippen LogP contribution is -2.36. The Labute approximate surface area is 209 Å². The summed E-state index contributed by atoms with van der Waals surface area (Å²) in [6, 6.07) is 11.8. The molecule has 2 rings (SSSR count). The van der Waals surface area contributed by atoms with E-state index in [1.807, 2.05) is 26.0 Å². The number of carbonyl (C=O) groups excluding carboxylic acids is 1. The molecule has 0 fully saturated rings. The van der Waals surface area contributed by atoms with Crippen molar-refractivity contribution in [3.8, 4) is 11.5 Å². The summed E-state index contributed by atoms with van der Waals surface area (Å²) in [5, 5.41) is 11.7. The molecule has 11 heteroatoms. The highest BCUT2D eigenvalue weighted by Gasteiger charge is 2.12. The second-order valence-corrected chi connectivity index (χ2v) is 7.08. The lowest BCUT2D eigenvalue weighted by Gasteiger charge is -2.15. The van der Waals surface area contributed by atoms with Crippen LogP contribution < -0.4 is 30.7 Å². The molecular weight excluding hydrogens is 547 g/mol. The van der Waals surface area contributed by atoms with Crippen molar-refractivity contribution in [2.45, 2.75) is 39.6 Å². The summed E-state index contributed by atoms with van der Waals surface area (Å²) in [6.07, 6.45) is 0. The summed E-state index contributed by atoms with van der Waals surface area (Å²) in [5.74, 6) is 1.07. The normalized spacial score (nSPS) is 11.0. The molecule has 8 nitrogen and oxygen atoms in total. The van der Waals surface area contributed by atoms with Crippen LogP contribution in [-0.2, 0) is 13.1 Å². The molecule has 0 unspecified atom stereocenters. The molecule has 0 atom stereocenters. The van der Waals surface area contributed by atoms with Gasteiger partial charge in [0.1, 0.15) is 11.5 Å². The van der Waals surface area contributed by atoms with E-state index < -0.39 is 6.61 Å². The largest absolute Gasteiger partial charge is 0.497 e. The summed E-state index contributed by atoms with van der Waals surface area (Å²) >= 11 is 0. The van der Waals surface area contributed by atoms with Crippen molar-refractivity contribution in [1.29, 1.82) is 0 Å². The monoisotopic (exact) mass is 577 g/mol. The van der Waals surface area contributed by atoms with Gasteiger partial charge in [-0.05, 0) is 49.7 Å². The standard InChI is InChI=1S/C22H29F2N5O3.HI/c1-14(2)28-22(30)29-17-7-5-15(6-8-17)12-26-21(25-3)27-13-16-11-18(31-4)9-10-19(16)32-20(23)24;/h5-11,14,20H,12-13H2,1-4H3,(H2,25,26,27)(H2,28,29,30);1H. The van der Waals surface area contributed by atoms with Crippen molar-refractivity contribution in [2.75, 3.05) is 19.5 Å². The first-order valence-corrected chi connectivity index (χ1v) is 10.0. The van der Waals surface area contributed by atoms with E-state index in [0.717, 1.165) is 5.56 Å². The maximum atomic E-state index is 12.7. The van der Waals surface area contributed by atoms with Crippen molar-refractivity contribution in [2.24, 2.45) is 4.99 Å². The number of guanidine groups is 1. The van der Waals surface area contributed by atoms with E-state index in [9.17, 15) is 13.6 Å². The maximum absolute atomic E-state index is 12.7. The molecule has 0 aliphatic rings. The van der Waals surface area contributed by atoms with E-state index >= 15 is 0 Å². The minimum absolute atomic E-state index is 0. The molecule has 0 saturated heterocycles. The van der Waals surface area contributed by atoms with Gasteiger partial charge in [0, 0.05) is 37.4 Å². The van der Waals surface area contributed by atoms with E-state index in [2.05, 4.69) is 31.0 Å². The number of alkyl halides is 2. The fourth-order valence-corrected chi connectivity index (χ4v) is 2.75. The Bertz CT molecular complexity index is 911. The number of aliphatic imine (C=N–C) groups is 1. The number of carbonyl (C=O) groups is 1. The molecule has 33 heavy (non-hydrogen) atoms. The number of nitrogens with zero attached hydrogens (tertiary/aromatic N) is 1. The number of urea groups is 1. The van der Waals surface area contributed by atoms with Gasteiger partial charge in [0.05, 0.1) is 7.11 Å².